The third-order valence-corrected chi connectivity index (χ3v) is 4.63. The molecule has 0 saturated carbocycles. The Morgan fingerprint density at radius 2 is 2.12 bits per heavy atom. The molecule has 0 aliphatic carbocycles. The molecule has 2 aromatic heterocycles. The van der Waals surface area contributed by atoms with E-state index in [4.69, 9.17) is 5.73 Å². The molecule has 0 bridgehead atoms. The number of imidazole rings is 1. The number of primary amides is 1. The van der Waals surface area contributed by atoms with E-state index in [-0.39, 0.29) is 17.6 Å². The Balaban J connectivity index is 1.76. The molecule has 2 N–H and O–H groups in total. The average molecular weight is 339 g/mol. The van der Waals surface area contributed by atoms with Gasteiger partial charge in [0.25, 0.3) is 5.91 Å². The van der Waals surface area contributed by atoms with Crippen LogP contribution in [0.1, 0.15) is 41.4 Å². The average Bonchev–Trinajstić information content (AvgIpc) is 3.05. The SMILES string of the molecule is NC(=O)c1cnc2ccc(N3CCCC[C@@H]3c3cccc(F)c3)nn12. The van der Waals surface area contributed by atoms with E-state index >= 15 is 0 Å². The third-order valence-electron chi connectivity index (χ3n) is 4.63. The minimum absolute atomic E-state index is 0.0509. The van der Waals surface area contributed by atoms with Crippen LogP contribution in [0.2, 0.25) is 0 Å². The molecule has 3 aromatic rings. The number of aromatic nitrogens is 3. The second-order valence-corrected chi connectivity index (χ2v) is 6.23. The fourth-order valence-corrected chi connectivity index (χ4v) is 3.45. The smallest absolute Gasteiger partial charge is 0.269 e. The molecule has 1 aliphatic rings. The van der Waals surface area contributed by atoms with Gasteiger partial charge in [0.05, 0.1) is 12.2 Å². The Morgan fingerprint density at radius 3 is 2.92 bits per heavy atom. The maximum absolute atomic E-state index is 13.7. The lowest BCUT2D eigenvalue weighted by Gasteiger charge is -2.37. The summed E-state index contributed by atoms with van der Waals surface area (Å²) in [6.07, 6.45) is 4.47. The lowest BCUT2D eigenvalue weighted by atomic mass is 9.95. The lowest BCUT2D eigenvalue weighted by Crippen LogP contribution is -2.34. The molecule has 3 heterocycles. The van der Waals surface area contributed by atoms with E-state index in [0.717, 1.165) is 37.2 Å². The molecule has 4 rings (SSSR count). The van der Waals surface area contributed by atoms with Crippen molar-refractivity contribution < 1.29 is 9.18 Å². The molecule has 6 nitrogen and oxygen atoms in total. The lowest BCUT2D eigenvalue weighted by molar-refractivity contribution is 0.0993. The highest BCUT2D eigenvalue weighted by atomic mass is 19.1. The van der Waals surface area contributed by atoms with Crippen molar-refractivity contribution in [3.8, 4) is 0 Å². The highest BCUT2D eigenvalue weighted by Gasteiger charge is 2.26. The summed E-state index contributed by atoms with van der Waals surface area (Å²) in [6, 6.07) is 10.4. The first-order valence-corrected chi connectivity index (χ1v) is 8.30. The molecule has 1 aliphatic heterocycles. The molecule has 1 fully saturated rings. The van der Waals surface area contributed by atoms with Crippen LogP contribution in [0.5, 0.6) is 0 Å². The van der Waals surface area contributed by atoms with Crippen molar-refractivity contribution >= 4 is 17.4 Å². The minimum atomic E-state index is -0.572. The highest BCUT2D eigenvalue weighted by Crippen LogP contribution is 2.34. The van der Waals surface area contributed by atoms with Gasteiger partial charge in [-0.05, 0) is 49.1 Å². The van der Waals surface area contributed by atoms with Crippen LogP contribution < -0.4 is 10.6 Å². The van der Waals surface area contributed by atoms with Gasteiger partial charge in [0.1, 0.15) is 17.3 Å². The van der Waals surface area contributed by atoms with Crippen LogP contribution in [0.3, 0.4) is 0 Å². The number of nitrogens with two attached hydrogens (primary N) is 1. The molecule has 1 saturated heterocycles. The number of halogens is 1. The summed E-state index contributed by atoms with van der Waals surface area (Å²) in [5.41, 5.74) is 7.14. The first-order valence-electron chi connectivity index (χ1n) is 8.30. The van der Waals surface area contributed by atoms with Gasteiger partial charge in [-0.25, -0.2) is 13.9 Å². The van der Waals surface area contributed by atoms with E-state index in [1.54, 1.807) is 12.1 Å². The largest absolute Gasteiger partial charge is 0.364 e. The topological polar surface area (TPSA) is 76.5 Å². The number of hydrogen-bond acceptors (Lipinski definition) is 4. The van der Waals surface area contributed by atoms with Crippen molar-refractivity contribution in [3.63, 3.8) is 0 Å². The van der Waals surface area contributed by atoms with Gasteiger partial charge in [0.15, 0.2) is 5.65 Å². The second-order valence-electron chi connectivity index (χ2n) is 6.23. The van der Waals surface area contributed by atoms with Gasteiger partial charge in [-0.15, -0.1) is 5.10 Å². The molecule has 0 spiro atoms. The van der Waals surface area contributed by atoms with E-state index in [0.29, 0.717) is 5.65 Å². The maximum Gasteiger partial charge on any atom is 0.269 e. The Morgan fingerprint density at radius 1 is 1.24 bits per heavy atom. The van der Waals surface area contributed by atoms with Gasteiger partial charge in [-0.2, -0.15) is 0 Å². The molecule has 128 valence electrons. The Bertz CT molecular complexity index is 938. The number of nitrogens with zero attached hydrogens (tertiary/aromatic N) is 4. The summed E-state index contributed by atoms with van der Waals surface area (Å²) in [6.45, 7) is 0.820. The monoisotopic (exact) mass is 339 g/mol. The van der Waals surface area contributed by atoms with Crippen LogP contribution in [0.25, 0.3) is 5.65 Å². The van der Waals surface area contributed by atoms with E-state index in [1.807, 2.05) is 18.2 Å². The van der Waals surface area contributed by atoms with Gasteiger partial charge in [0.2, 0.25) is 0 Å². The Kier molecular flexibility index (Phi) is 3.83. The van der Waals surface area contributed by atoms with Gasteiger partial charge in [0, 0.05) is 6.54 Å². The highest BCUT2D eigenvalue weighted by molar-refractivity contribution is 5.91. The molecule has 7 heteroatoms. The number of hydrogen-bond donors (Lipinski definition) is 1. The summed E-state index contributed by atoms with van der Waals surface area (Å²) < 4.78 is 15.1. The normalized spacial score (nSPS) is 17.8. The van der Waals surface area contributed by atoms with Crippen molar-refractivity contribution in [1.29, 1.82) is 0 Å². The summed E-state index contributed by atoms with van der Waals surface area (Å²) in [7, 11) is 0. The van der Waals surface area contributed by atoms with Crippen LogP contribution in [0, 0.1) is 5.82 Å². The summed E-state index contributed by atoms with van der Waals surface area (Å²) in [5, 5.41) is 4.56. The third kappa shape index (κ3) is 2.82. The fraction of sp³-hybridized carbons (Fsp3) is 0.278. The molecule has 1 aromatic carbocycles. The predicted octanol–water partition coefficient (Wildman–Crippen LogP) is 2.70. The van der Waals surface area contributed by atoms with Gasteiger partial charge in [-0.1, -0.05) is 12.1 Å². The van der Waals surface area contributed by atoms with Crippen LogP contribution in [-0.2, 0) is 0 Å². The molecule has 1 amide bonds. The zero-order valence-electron chi connectivity index (χ0n) is 13.6. The number of rotatable bonds is 3. The molecular weight excluding hydrogens is 321 g/mol. The van der Waals surface area contributed by atoms with Crippen LogP contribution >= 0.6 is 0 Å². The van der Waals surface area contributed by atoms with Crippen LogP contribution in [-0.4, -0.2) is 27.0 Å². The van der Waals surface area contributed by atoms with Crippen LogP contribution in [0.15, 0.2) is 42.6 Å². The van der Waals surface area contributed by atoms with Gasteiger partial charge in [-0.3, -0.25) is 4.79 Å². The van der Waals surface area contributed by atoms with Crippen molar-refractivity contribution in [2.24, 2.45) is 5.73 Å². The van der Waals surface area contributed by atoms with Gasteiger partial charge < -0.3 is 10.6 Å². The van der Waals surface area contributed by atoms with Crippen LogP contribution in [0.4, 0.5) is 10.2 Å². The number of carbonyl (C=O) groups is 1. The number of amides is 1. The zero-order chi connectivity index (χ0) is 17.4. The minimum Gasteiger partial charge on any atom is -0.364 e. The summed E-state index contributed by atoms with van der Waals surface area (Å²) >= 11 is 0. The van der Waals surface area contributed by atoms with E-state index in [9.17, 15) is 9.18 Å². The molecule has 1 atom stereocenters. The zero-order valence-corrected chi connectivity index (χ0v) is 13.6. The first kappa shape index (κ1) is 15.6. The summed E-state index contributed by atoms with van der Waals surface area (Å²) in [5.74, 6) is -0.0866. The number of carbonyl (C=O) groups excluding carboxylic acids is 1. The molecule has 25 heavy (non-hydrogen) atoms. The van der Waals surface area contributed by atoms with Crippen molar-refractivity contribution in [1.82, 2.24) is 14.6 Å². The quantitative estimate of drug-likeness (QED) is 0.796. The number of benzene rings is 1. The standard InChI is InChI=1S/C18H18FN5O/c19-13-5-3-4-12(10-13)14-6-1-2-9-23(14)17-8-7-16-21-11-15(18(20)25)24(16)22-17/h3-5,7-8,10-11,14H,1-2,6,9H2,(H2,20,25)/t14-/m1/s1. The molecule has 0 unspecified atom stereocenters. The van der Waals surface area contributed by atoms with Crippen molar-refractivity contribution in [2.45, 2.75) is 25.3 Å². The number of anilines is 1. The van der Waals surface area contributed by atoms with E-state index in [2.05, 4.69) is 15.0 Å². The van der Waals surface area contributed by atoms with Crippen molar-refractivity contribution in [3.05, 3.63) is 59.7 Å². The molecule has 0 radical (unpaired) electrons. The summed E-state index contributed by atoms with van der Waals surface area (Å²) in [4.78, 5) is 17.9. The maximum atomic E-state index is 13.7. The van der Waals surface area contributed by atoms with E-state index < -0.39 is 5.91 Å². The second kappa shape index (κ2) is 6.16. The molecular formula is C18H18FN5O. The first-order chi connectivity index (χ1) is 12.1. The van der Waals surface area contributed by atoms with Gasteiger partial charge >= 0.3 is 0 Å². The number of fused-ring (bicyclic) bond motifs is 1. The number of piperidine rings is 1. The Hall–Kier alpha value is -2.96. The fourth-order valence-electron chi connectivity index (χ4n) is 3.45. The van der Waals surface area contributed by atoms with E-state index in [1.165, 1.54) is 16.8 Å². The van der Waals surface area contributed by atoms with Crippen molar-refractivity contribution in [2.75, 3.05) is 11.4 Å². The Labute approximate surface area is 144 Å². The predicted molar refractivity (Wildman–Crippen MR) is 91.8 cm³/mol.